The molecule has 0 saturated heterocycles. The number of halogens is 2. The maximum absolute atomic E-state index is 13.0. The monoisotopic (exact) mass is 348 g/mol. The van der Waals surface area contributed by atoms with Gasteiger partial charge in [0.25, 0.3) is 0 Å². The molecule has 0 fully saturated rings. The fraction of sp³-hybridized carbons (Fsp3) is 0.188. The summed E-state index contributed by atoms with van der Waals surface area (Å²) in [5.74, 6) is -0.344. The highest BCUT2D eigenvalue weighted by Gasteiger charge is 2.33. The maximum Gasteiger partial charge on any atom is 0.246 e. The highest BCUT2D eigenvalue weighted by Crippen LogP contribution is 2.37. The van der Waals surface area contributed by atoms with Crippen LogP contribution < -0.4 is 10.6 Å². The minimum Gasteiger partial charge on any atom is -0.324 e. The van der Waals surface area contributed by atoms with Gasteiger partial charge in [0.05, 0.1) is 0 Å². The van der Waals surface area contributed by atoms with Crippen molar-refractivity contribution in [3.05, 3.63) is 63.9 Å². The first-order valence-electron chi connectivity index (χ1n) is 6.67. The molecule has 0 spiro atoms. The van der Waals surface area contributed by atoms with Crippen molar-refractivity contribution in [3.8, 4) is 0 Å². The summed E-state index contributed by atoms with van der Waals surface area (Å²) >= 11 is 3.49. The second-order valence-electron chi connectivity index (χ2n) is 5.06. The van der Waals surface area contributed by atoms with Crippen molar-refractivity contribution in [1.29, 1.82) is 0 Å². The van der Waals surface area contributed by atoms with Crippen LogP contribution in [0.15, 0.2) is 46.9 Å². The molecule has 108 valence electrons. The Hall–Kier alpha value is -1.72. The number of fused-ring (bicyclic) bond motifs is 1. The Labute approximate surface area is 130 Å². The molecule has 5 heteroatoms. The van der Waals surface area contributed by atoms with Crippen molar-refractivity contribution in [2.75, 3.05) is 5.32 Å². The van der Waals surface area contributed by atoms with E-state index in [1.807, 2.05) is 25.1 Å². The van der Waals surface area contributed by atoms with E-state index in [2.05, 4.69) is 26.6 Å². The van der Waals surface area contributed by atoms with Gasteiger partial charge in [0.2, 0.25) is 5.91 Å². The molecule has 0 aliphatic carbocycles. The molecule has 1 aliphatic heterocycles. The van der Waals surface area contributed by atoms with Gasteiger partial charge in [0.15, 0.2) is 0 Å². The molecule has 2 N–H and O–H groups in total. The number of rotatable bonds is 3. The largest absolute Gasteiger partial charge is 0.324 e. The molecule has 2 atom stereocenters. The molecule has 0 saturated carbocycles. The fourth-order valence-corrected chi connectivity index (χ4v) is 3.13. The van der Waals surface area contributed by atoms with Crippen LogP contribution in [0.2, 0.25) is 0 Å². The summed E-state index contributed by atoms with van der Waals surface area (Å²) in [7, 11) is 0. The summed E-state index contributed by atoms with van der Waals surface area (Å²) < 4.78 is 13.9. The summed E-state index contributed by atoms with van der Waals surface area (Å²) in [6.07, 6.45) is 0. The van der Waals surface area contributed by atoms with E-state index in [1.165, 1.54) is 12.1 Å². The van der Waals surface area contributed by atoms with Crippen LogP contribution in [0.5, 0.6) is 0 Å². The summed E-state index contributed by atoms with van der Waals surface area (Å²) in [5.41, 5.74) is 2.67. The van der Waals surface area contributed by atoms with Gasteiger partial charge < -0.3 is 5.32 Å². The first-order valence-corrected chi connectivity index (χ1v) is 7.46. The van der Waals surface area contributed by atoms with Crippen LogP contribution in [0.1, 0.15) is 30.1 Å². The molecule has 2 aromatic rings. The number of nitrogens with one attached hydrogen (secondary N) is 2. The minimum atomic E-state index is -0.421. The third kappa shape index (κ3) is 2.71. The molecule has 3 rings (SSSR count). The average Bonchev–Trinajstić information content (AvgIpc) is 2.77. The molecule has 1 aliphatic rings. The summed E-state index contributed by atoms with van der Waals surface area (Å²) in [5, 5.41) is 6.16. The topological polar surface area (TPSA) is 41.1 Å². The summed E-state index contributed by atoms with van der Waals surface area (Å²) in [6, 6.07) is 11.5. The fourth-order valence-electron chi connectivity index (χ4n) is 2.53. The van der Waals surface area contributed by atoms with Crippen molar-refractivity contribution in [2.45, 2.75) is 19.0 Å². The van der Waals surface area contributed by atoms with Gasteiger partial charge in [-0.1, -0.05) is 34.1 Å². The van der Waals surface area contributed by atoms with Crippen LogP contribution in [0.4, 0.5) is 10.1 Å². The Kier molecular flexibility index (Phi) is 3.78. The second-order valence-corrected chi connectivity index (χ2v) is 5.92. The van der Waals surface area contributed by atoms with Crippen LogP contribution in [0.25, 0.3) is 0 Å². The second kappa shape index (κ2) is 5.58. The van der Waals surface area contributed by atoms with Crippen molar-refractivity contribution >= 4 is 27.5 Å². The molecule has 0 bridgehead atoms. The quantitative estimate of drug-likeness (QED) is 0.882. The number of hydrogen-bond acceptors (Lipinski definition) is 2. The molecule has 1 amide bonds. The average molecular weight is 349 g/mol. The molecule has 3 nitrogen and oxygen atoms in total. The molecule has 1 heterocycles. The number of benzene rings is 2. The first-order chi connectivity index (χ1) is 10.1. The number of carbonyl (C=O) groups excluding carboxylic acids is 1. The first kappa shape index (κ1) is 14.2. The van der Waals surface area contributed by atoms with Gasteiger partial charge in [0.1, 0.15) is 11.9 Å². The van der Waals surface area contributed by atoms with E-state index >= 15 is 0 Å². The van der Waals surface area contributed by atoms with Gasteiger partial charge in [-0.2, -0.15) is 0 Å². The molecule has 2 aromatic carbocycles. The van der Waals surface area contributed by atoms with Crippen LogP contribution in [0, 0.1) is 5.82 Å². The van der Waals surface area contributed by atoms with Gasteiger partial charge in [0, 0.05) is 21.8 Å². The molecule has 2 unspecified atom stereocenters. The van der Waals surface area contributed by atoms with E-state index in [-0.39, 0.29) is 17.8 Å². The lowest BCUT2D eigenvalue weighted by Gasteiger charge is -2.19. The van der Waals surface area contributed by atoms with Gasteiger partial charge >= 0.3 is 0 Å². The van der Waals surface area contributed by atoms with Gasteiger partial charge in [-0.3, -0.25) is 10.1 Å². The zero-order valence-electron chi connectivity index (χ0n) is 11.4. The Morgan fingerprint density at radius 2 is 1.95 bits per heavy atom. The van der Waals surface area contributed by atoms with Gasteiger partial charge in [-0.25, -0.2) is 4.39 Å². The van der Waals surface area contributed by atoms with Crippen LogP contribution >= 0.6 is 15.9 Å². The van der Waals surface area contributed by atoms with Gasteiger partial charge in [-0.15, -0.1) is 0 Å². The third-order valence-corrected chi connectivity index (χ3v) is 4.34. The number of anilines is 1. The molecule has 21 heavy (non-hydrogen) atoms. The van der Waals surface area contributed by atoms with E-state index in [0.717, 1.165) is 21.3 Å². The van der Waals surface area contributed by atoms with Crippen LogP contribution in [-0.4, -0.2) is 5.91 Å². The molecule has 0 radical (unpaired) electrons. The minimum absolute atomic E-state index is 0.0700. The summed E-state index contributed by atoms with van der Waals surface area (Å²) in [4.78, 5) is 12.1. The molecular weight excluding hydrogens is 335 g/mol. The maximum atomic E-state index is 13.0. The predicted molar refractivity (Wildman–Crippen MR) is 83.5 cm³/mol. The van der Waals surface area contributed by atoms with Crippen LogP contribution in [0.3, 0.4) is 0 Å². The molecule has 0 aromatic heterocycles. The van der Waals surface area contributed by atoms with E-state index in [0.29, 0.717) is 0 Å². The zero-order chi connectivity index (χ0) is 15.0. The van der Waals surface area contributed by atoms with E-state index < -0.39 is 6.04 Å². The summed E-state index contributed by atoms with van der Waals surface area (Å²) in [6.45, 7) is 1.95. The SMILES string of the molecule is CC(NC1C(=O)Nc2cccc(Br)c21)c1ccc(F)cc1. The van der Waals surface area contributed by atoms with E-state index in [4.69, 9.17) is 0 Å². The Bertz CT molecular complexity index is 687. The number of amides is 1. The lowest BCUT2D eigenvalue weighted by Crippen LogP contribution is -2.30. The normalized spacial score (nSPS) is 18.2. The Balaban J connectivity index is 1.85. The standard InChI is InChI=1S/C16H14BrFN2O/c1-9(10-5-7-11(18)8-6-10)19-15-14-12(17)3-2-4-13(14)20-16(15)21/h2-9,15,19H,1H3,(H,20,21). The van der Waals surface area contributed by atoms with E-state index in [1.54, 1.807) is 12.1 Å². The third-order valence-electron chi connectivity index (χ3n) is 3.65. The highest BCUT2D eigenvalue weighted by molar-refractivity contribution is 9.10. The lowest BCUT2D eigenvalue weighted by atomic mass is 10.0. The van der Waals surface area contributed by atoms with Crippen molar-refractivity contribution in [1.82, 2.24) is 5.32 Å². The Morgan fingerprint density at radius 1 is 1.24 bits per heavy atom. The predicted octanol–water partition coefficient (Wildman–Crippen LogP) is 3.93. The van der Waals surface area contributed by atoms with Crippen molar-refractivity contribution < 1.29 is 9.18 Å². The van der Waals surface area contributed by atoms with Crippen molar-refractivity contribution in [2.24, 2.45) is 0 Å². The number of carbonyl (C=O) groups is 1. The highest BCUT2D eigenvalue weighted by atomic mass is 79.9. The smallest absolute Gasteiger partial charge is 0.246 e. The van der Waals surface area contributed by atoms with Gasteiger partial charge in [-0.05, 0) is 36.8 Å². The zero-order valence-corrected chi connectivity index (χ0v) is 12.9. The van der Waals surface area contributed by atoms with Crippen molar-refractivity contribution in [3.63, 3.8) is 0 Å². The van der Waals surface area contributed by atoms with Crippen LogP contribution in [-0.2, 0) is 4.79 Å². The van der Waals surface area contributed by atoms with E-state index in [9.17, 15) is 9.18 Å². The molecular formula is C16H14BrFN2O. The number of hydrogen-bond donors (Lipinski definition) is 2. The Morgan fingerprint density at radius 3 is 2.67 bits per heavy atom. The lowest BCUT2D eigenvalue weighted by molar-refractivity contribution is -0.117.